The van der Waals surface area contributed by atoms with Gasteiger partial charge in [-0.3, -0.25) is 4.79 Å². The van der Waals surface area contributed by atoms with Crippen LogP contribution < -0.4 is 10.5 Å². The van der Waals surface area contributed by atoms with Gasteiger partial charge in [-0.2, -0.15) is 0 Å². The minimum atomic E-state index is -0.00383. The average Bonchev–Trinajstić information content (AvgIpc) is 2.60. The molecular formula is C17H21N3O2. The zero-order valence-electron chi connectivity index (χ0n) is 12.8. The number of fused-ring (bicyclic) bond motifs is 1. The van der Waals surface area contributed by atoms with E-state index in [2.05, 4.69) is 4.98 Å². The third-order valence-electron chi connectivity index (χ3n) is 4.26. The van der Waals surface area contributed by atoms with E-state index in [1.165, 1.54) is 0 Å². The first-order valence-corrected chi connectivity index (χ1v) is 7.65. The van der Waals surface area contributed by atoms with Gasteiger partial charge in [0.05, 0.1) is 12.6 Å². The first kappa shape index (κ1) is 14.8. The number of aromatic nitrogens is 1. The van der Waals surface area contributed by atoms with Gasteiger partial charge in [-0.15, -0.1) is 0 Å². The molecule has 0 bridgehead atoms. The standard InChI is InChI=1S/C17H21N3O2/c1-22-14-5-7-15-13(9-14)4-6-16(19-15)17(21)20-8-2-3-12(10-18)11-20/h4-7,9,12H,2-3,8,10-11,18H2,1H3. The number of methoxy groups -OCH3 is 1. The van der Waals surface area contributed by atoms with Crippen LogP contribution >= 0.6 is 0 Å². The summed E-state index contributed by atoms with van der Waals surface area (Å²) < 4.78 is 5.20. The van der Waals surface area contributed by atoms with Gasteiger partial charge < -0.3 is 15.4 Å². The van der Waals surface area contributed by atoms with Gasteiger partial charge in [-0.05, 0) is 49.6 Å². The van der Waals surface area contributed by atoms with Crippen LogP contribution in [0.1, 0.15) is 23.3 Å². The number of rotatable bonds is 3. The maximum Gasteiger partial charge on any atom is 0.272 e. The molecule has 1 saturated heterocycles. The van der Waals surface area contributed by atoms with Crippen molar-refractivity contribution in [3.63, 3.8) is 0 Å². The molecule has 2 heterocycles. The fourth-order valence-electron chi connectivity index (χ4n) is 2.95. The van der Waals surface area contributed by atoms with Crippen molar-refractivity contribution in [2.75, 3.05) is 26.7 Å². The summed E-state index contributed by atoms with van der Waals surface area (Å²) in [5, 5.41) is 0.967. The van der Waals surface area contributed by atoms with Crippen LogP contribution in [0.3, 0.4) is 0 Å². The lowest BCUT2D eigenvalue weighted by Crippen LogP contribution is -2.42. The molecule has 3 rings (SSSR count). The Labute approximate surface area is 130 Å². The van der Waals surface area contributed by atoms with Crippen LogP contribution in [-0.2, 0) is 0 Å². The van der Waals surface area contributed by atoms with Crippen LogP contribution in [0.4, 0.5) is 0 Å². The molecule has 1 aliphatic rings. The second-order valence-electron chi connectivity index (χ2n) is 5.75. The van der Waals surface area contributed by atoms with Gasteiger partial charge >= 0.3 is 0 Å². The lowest BCUT2D eigenvalue weighted by atomic mass is 9.98. The molecule has 116 valence electrons. The Morgan fingerprint density at radius 3 is 3.05 bits per heavy atom. The maximum atomic E-state index is 12.6. The Morgan fingerprint density at radius 1 is 1.41 bits per heavy atom. The van der Waals surface area contributed by atoms with Gasteiger partial charge in [0.1, 0.15) is 11.4 Å². The first-order valence-electron chi connectivity index (χ1n) is 7.65. The maximum absolute atomic E-state index is 12.6. The molecule has 1 amide bonds. The fourth-order valence-corrected chi connectivity index (χ4v) is 2.95. The third-order valence-corrected chi connectivity index (χ3v) is 4.26. The normalized spacial score (nSPS) is 18.5. The molecule has 1 fully saturated rings. The Bertz CT molecular complexity index is 687. The number of benzene rings is 1. The highest BCUT2D eigenvalue weighted by Gasteiger charge is 2.24. The highest BCUT2D eigenvalue weighted by Crippen LogP contribution is 2.21. The van der Waals surface area contributed by atoms with Crippen molar-refractivity contribution < 1.29 is 9.53 Å². The molecule has 1 aliphatic heterocycles. The average molecular weight is 299 g/mol. The number of amides is 1. The zero-order chi connectivity index (χ0) is 15.5. The highest BCUT2D eigenvalue weighted by atomic mass is 16.5. The van der Waals surface area contributed by atoms with Crippen LogP contribution in [-0.4, -0.2) is 42.5 Å². The Kier molecular flexibility index (Phi) is 4.24. The number of piperidine rings is 1. The lowest BCUT2D eigenvalue weighted by molar-refractivity contribution is 0.0672. The largest absolute Gasteiger partial charge is 0.497 e. The summed E-state index contributed by atoms with van der Waals surface area (Å²) in [5.41, 5.74) is 7.04. The monoisotopic (exact) mass is 299 g/mol. The van der Waals surface area contributed by atoms with Crippen molar-refractivity contribution in [2.24, 2.45) is 11.7 Å². The van der Waals surface area contributed by atoms with E-state index in [4.69, 9.17) is 10.5 Å². The van der Waals surface area contributed by atoms with Crippen LogP contribution in [0.5, 0.6) is 5.75 Å². The zero-order valence-corrected chi connectivity index (χ0v) is 12.8. The van der Waals surface area contributed by atoms with Crippen molar-refractivity contribution >= 4 is 16.8 Å². The first-order chi connectivity index (χ1) is 10.7. The number of hydrogen-bond acceptors (Lipinski definition) is 4. The van der Waals surface area contributed by atoms with E-state index in [0.29, 0.717) is 18.2 Å². The summed E-state index contributed by atoms with van der Waals surface area (Å²) in [5.74, 6) is 1.19. The number of ether oxygens (including phenoxy) is 1. The number of carbonyl (C=O) groups is 1. The smallest absolute Gasteiger partial charge is 0.272 e. The SMILES string of the molecule is COc1ccc2nc(C(=O)N3CCCC(CN)C3)ccc2c1. The van der Waals surface area contributed by atoms with Gasteiger partial charge in [0.25, 0.3) is 5.91 Å². The second-order valence-corrected chi connectivity index (χ2v) is 5.75. The minimum absolute atomic E-state index is 0.00383. The molecular weight excluding hydrogens is 278 g/mol. The molecule has 1 aromatic heterocycles. The van der Waals surface area contributed by atoms with E-state index in [1.54, 1.807) is 13.2 Å². The van der Waals surface area contributed by atoms with E-state index in [-0.39, 0.29) is 5.91 Å². The highest BCUT2D eigenvalue weighted by molar-refractivity contribution is 5.95. The van der Waals surface area contributed by atoms with Gasteiger partial charge in [-0.25, -0.2) is 4.98 Å². The fraction of sp³-hybridized carbons (Fsp3) is 0.412. The molecule has 0 radical (unpaired) electrons. The molecule has 1 aromatic carbocycles. The molecule has 22 heavy (non-hydrogen) atoms. The summed E-state index contributed by atoms with van der Waals surface area (Å²) in [7, 11) is 1.64. The topological polar surface area (TPSA) is 68.5 Å². The molecule has 2 N–H and O–H groups in total. The van der Waals surface area contributed by atoms with Crippen LogP contribution in [0, 0.1) is 5.92 Å². The van der Waals surface area contributed by atoms with E-state index in [0.717, 1.165) is 42.6 Å². The Balaban J connectivity index is 1.84. The Morgan fingerprint density at radius 2 is 2.27 bits per heavy atom. The summed E-state index contributed by atoms with van der Waals surface area (Å²) in [4.78, 5) is 19.0. The molecule has 1 atom stereocenters. The van der Waals surface area contributed by atoms with E-state index in [1.807, 2.05) is 29.2 Å². The minimum Gasteiger partial charge on any atom is -0.497 e. The van der Waals surface area contributed by atoms with Crippen LogP contribution in [0.15, 0.2) is 30.3 Å². The molecule has 1 unspecified atom stereocenters. The van der Waals surface area contributed by atoms with Gasteiger partial charge in [0, 0.05) is 18.5 Å². The van der Waals surface area contributed by atoms with E-state index < -0.39 is 0 Å². The summed E-state index contributed by atoms with van der Waals surface area (Å²) >= 11 is 0. The summed E-state index contributed by atoms with van der Waals surface area (Å²) in [6.45, 7) is 2.16. The number of nitrogens with two attached hydrogens (primary N) is 1. The molecule has 0 aliphatic carbocycles. The van der Waals surface area contributed by atoms with Crippen LogP contribution in [0.25, 0.3) is 10.9 Å². The molecule has 2 aromatic rings. The van der Waals surface area contributed by atoms with Gasteiger partial charge in [0.2, 0.25) is 0 Å². The van der Waals surface area contributed by atoms with Crippen molar-refractivity contribution in [1.82, 2.24) is 9.88 Å². The Hall–Kier alpha value is -2.14. The molecule has 0 saturated carbocycles. The van der Waals surface area contributed by atoms with Crippen molar-refractivity contribution in [3.05, 3.63) is 36.0 Å². The molecule has 5 heteroatoms. The number of nitrogens with zero attached hydrogens (tertiary/aromatic N) is 2. The van der Waals surface area contributed by atoms with Gasteiger partial charge in [-0.1, -0.05) is 6.07 Å². The van der Waals surface area contributed by atoms with Crippen molar-refractivity contribution in [3.8, 4) is 5.75 Å². The predicted octanol–water partition coefficient (Wildman–Crippen LogP) is 2.05. The van der Waals surface area contributed by atoms with E-state index >= 15 is 0 Å². The number of carbonyl (C=O) groups excluding carboxylic acids is 1. The quantitative estimate of drug-likeness (QED) is 0.942. The number of pyridine rings is 1. The van der Waals surface area contributed by atoms with Crippen molar-refractivity contribution in [1.29, 1.82) is 0 Å². The van der Waals surface area contributed by atoms with Crippen LogP contribution in [0.2, 0.25) is 0 Å². The molecule has 5 nitrogen and oxygen atoms in total. The summed E-state index contributed by atoms with van der Waals surface area (Å²) in [6, 6.07) is 9.36. The number of hydrogen-bond donors (Lipinski definition) is 1. The third kappa shape index (κ3) is 2.90. The number of likely N-dealkylation sites (tertiary alicyclic amines) is 1. The second kappa shape index (κ2) is 6.32. The summed E-state index contributed by atoms with van der Waals surface area (Å²) in [6.07, 6.45) is 2.11. The lowest BCUT2D eigenvalue weighted by Gasteiger charge is -2.31. The van der Waals surface area contributed by atoms with Crippen molar-refractivity contribution in [2.45, 2.75) is 12.8 Å². The molecule has 0 spiro atoms. The predicted molar refractivity (Wildman–Crippen MR) is 86.0 cm³/mol. The van der Waals surface area contributed by atoms with Gasteiger partial charge in [0.15, 0.2) is 0 Å². The van der Waals surface area contributed by atoms with E-state index in [9.17, 15) is 4.79 Å².